The summed E-state index contributed by atoms with van der Waals surface area (Å²) in [5.41, 5.74) is 3.39. The van der Waals surface area contributed by atoms with E-state index < -0.39 is 0 Å². The highest BCUT2D eigenvalue weighted by Crippen LogP contribution is 2.22. The van der Waals surface area contributed by atoms with Crippen LogP contribution in [0.4, 0.5) is 0 Å². The molecule has 1 aliphatic carbocycles. The third-order valence-electron chi connectivity index (χ3n) is 3.25. The fraction of sp³-hybridized carbons (Fsp3) is 0.500. The number of carbonyl (C=O) groups excluding carboxylic acids is 1. The predicted octanol–water partition coefficient (Wildman–Crippen LogP) is 2.16. The van der Waals surface area contributed by atoms with Crippen molar-refractivity contribution in [2.24, 2.45) is 0 Å². The van der Waals surface area contributed by atoms with Crippen molar-refractivity contribution in [3.63, 3.8) is 0 Å². The molecule has 0 spiro atoms. The Balaban J connectivity index is 2.04. The molecule has 0 bridgehead atoms. The number of methoxy groups -OCH3 is 1. The Labute approximate surface area is 112 Å². The Morgan fingerprint density at radius 1 is 1.44 bits per heavy atom. The van der Waals surface area contributed by atoms with Crippen molar-refractivity contribution in [2.45, 2.75) is 25.3 Å². The Morgan fingerprint density at radius 3 is 2.94 bits per heavy atom. The first-order chi connectivity index (χ1) is 8.74. The van der Waals surface area contributed by atoms with Gasteiger partial charge in [0, 0.05) is 18.6 Å². The van der Waals surface area contributed by atoms with Crippen LogP contribution >= 0.6 is 11.6 Å². The molecule has 0 fully saturated rings. The van der Waals surface area contributed by atoms with E-state index in [9.17, 15) is 4.79 Å². The molecule has 0 saturated carbocycles. The van der Waals surface area contributed by atoms with Gasteiger partial charge in [0.15, 0.2) is 0 Å². The van der Waals surface area contributed by atoms with Crippen molar-refractivity contribution >= 4 is 17.5 Å². The standard InChI is InChI=1S/C14H18ClNO2/c1-18-9-13(8-15)16-14(17)12-6-5-10-3-2-4-11(10)7-12/h5-7,13H,2-4,8-9H2,1H3,(H,16,17). The number of hydrogen-bond acceptors (Lipinski definition) is 2. The average molecular weight is 268 g/mol. The van der Waals surface area contributed by atoms with Crippen LogP contribution in [-0.4, -0.2) is 31.5 Å². The second-order valence-electron chi connectivity index (χ2n) is 4.62. The van der Waals surface area contributed by atoms with Crippen LogP contribution in [0.3, 0.4) is 0 Å². The van der Waals surface area contributed by atoms with E-state index in [0.29, 0.717) is 18.1 Å². The van der Waals surface area contributed by atoms with Gasteiger partial charge in [0.2, 0.25) is 0 Å². The molecule has 4 heteroatoms. The minimum absolute atomic E-state index is 0.0765. The van der Waals surface area contributed by atoms with E-state index in [1.807, 2.05) is 12.1 Å². The van der Waals surface area contributed by atoms with E-state index >= 15 is 0 Å². The van der Waals surface area contributed by atoms with Crippen molar-refractivity contribution in [3.05, 3.63) is 34.9 Å². The lowest BCUT2D eigenvalue weighted by molar-refractivity contribution is 0.0907. The molecular formula is C14H18ClNO2. The Kier molecular flexibility index (Phi) is 4.61. The second-order valence-corrected chi connectivity index (χ2v) is 4.93. The summed E-state index contributed by atoms with van der Waals surface area (Å²) >= 11 is 5.78. The van der Waals surface area contributed by atoms with Gasteiger partial charge < -0.3 is 10.1 Å². The molecule has 0 saturated heterocycles. The SMILES string of the molecule is COCC(CCl)NC(=O)c1ccc2c(c1)CCC2. The molecule has 0 aliphatic heterocycles. The molecule has 18 heavy (non-hydrogen) atoms. The molecule has 1 amide bonds. The van der Waals surface area contributed by atoms with Crippen molar-refractivity contribution in [1.29, 1.82) is 0 Å². The van der Waals surface area contributed by atoms with Crippen molar-refractivity contribution in [2.75, 3.05) is 19.6 Å². The fourth-order valence-corrected chi connectivity index (χ4v) is 2.47. The number of halogens is 1. The number of benzene rings is 1. The number of amides is 1. The summed E-state index contributed by atoms with van der Waals surface area (Å²) in [4.78, 5) is 12.1. The predicted molar refractivity (Wildman–Crippen MR) is 72.3 cm³/mol. The molecule has 1 aliphatic rings. The van der Waals surface area contributed by atoms with Crippen LogP contribution in [0.25, 0.3) is 0 Å². The zero-order valence-corrected chi connectivity index (χ0v) is 11.3. The van der Waals surface area contributed by atoms with Gasteiger partial charge >= 0.3 is 0 Å². The molecule has 0 aromatic heterocycles. The summed E-state index contributed by atoms with van der Waals surface area (Å²) in [5, 5.41) is 2.88. The van der Waals surface area contributed by atoms with Crippen LogP contribution in [0.2, 0.25) is 0 Å². The van der Waals surface area contributed by atoms with Crippen LogP contribution in [0.1, 0.15) is 27.9 Å². The molecule has 1 aromatic carbocycles. The lowest BCUT2D eigenvalue weighted by atomic mass is 10.1. The maximum Gasteiger partial charge on any atom is 0.251 e. The summed E-state index contributed by atoms with van der Waals surface area (Å²) in [6.45, 7) is 0.431. The van der Waals surface area contributed by atoms with Gasteiger partial charge in [-0.1, -0.05) is 6.07 Å². The summed E-state index contributed by atoms with van der Waals surface area (Å²) in [6, 6.07) is 5.80. The third kappa shape index (κ3) is 3.03. The second kappa shape index (κ2) is 6.21. The summed E-state index contributed by atoms with van der Waals surface area (Å²) < 4.78 is 5.01. The number of ether oxygens (including phenoxy) is 1. The van der Waals surface area contributed by atoms with Gasteiger partial charge in [0.1, 0.15) is 0 Å². The van der Waals surface area contributed by atoms with Crippen LogP contribution < -0.4 is 5.32 Å². The first-order valence-corrected chi connectivity index (χ1v) is 6.75. The number of alkyl halides is 1. The van der Waals surface area contributed by atoms with Crippen LogP contribution in [-0.2, 0) is 17.6 Å². The highest BCUT2D eigenvalue weighted by atomic mass is 35.5. The summed E-state index contributed by atoms with van der Waals surface area (Å²) in [6.07, 6.45) is 3.40. The molecule has 98 valence electrons. The van der Waals surface area contributed by atoms with E-state index in [-0.39, 0.29) is 11.9 Å². The molecule has 3 nitrogen and oxygen atoms in total. The molecular weight excluding hydrogens is 250 g/mol. The first kappa shape index (κ1) is 13.4. The topological polar surface area (TPSA) is 38.3 Å². The smallest absolute Gasteiger partial charge is 0.251 e. The fourth-order valence-electron chi connectivity index (χ4n) is 2.31. The minimum atomic E-state index is -0.141. The third-order valence-corrected chi connectivity index (χ3v) is 3.62. The quantitative estimate of drug-likeness (QED) is 0.831. The van der Waals surface area contributed by atoms with Gasteiger partial charge in [-0.15, -0.1) is 11.6 Å². The Hall–Kier alpha value is -1.06. The number of nitrogens with one attached hydrogen (secondary N) is 1. The Morgan fingerprint density at radius 2 is 2.22 bits per heavy atom. The molecule has 0 heterocycles. The zero-order valence-electron chi connectivity index (χ0n) is 10.5. The lowest BCUT2D eigenvalue weighted by Gasteiger charge is -2.15. The summed E-state index contributed by atoms with van der Waals surface area (Å²) in [5.74, 6) is 0.275. The van der Waals surface area contributed by atoms with Gasteiger partial charge in [0.05, 0.1) is 12.6 Å². The van der Waals surface area contributed by atoms with E-state index in [4.69, 9.17) is 16.3 Å². The molecule has 2 rings (SSSR count). The number of hydrogen-bond donors (Lipinski definition) is 1. The van der Waals surface area contributed by atoms with E-state index in [0.717, 1.165) is 12.8 Å². The van der Waals surface area contributed by atoms with Crippen LogP contribution in [0.5, 0.6) is 0 Å². The monoisotopic (exact) mass is 267 g/mol. The molecule has 1 aromatic rings. The number of aryl methyl sites for hydroxylation is 2. The van der Waals surface area contributed by atoms with Crippen molar-refractivity contribution in [1.82, 2.24) is 5.32 Å². The van der Waals surface area contributed by atoms with Gasteiger partial charge in [0.25, 0.3) is 5.91 Å². The molecule has 1 N–H and O–H groups in total. The first-order valence-electron chi connectivity index (χ1n) is 6.22. The van der Waals surface area contributed by atoms with Crippen molar-refractivity contribution < 1.29 is 9.53 Å². The van der Waals surface area contributed by atoms with Crippen LogP contribution in [0.15, 0.2) is 18.2 Å². The van der Waals surface area contributed by atoms with E-state index in [2.05, 4.69) is 11.4 Å². The van der Waals surface area contributed by atoms with E-state index in [1.165, 1.54) is 17.5 Å². The van der Waals surface area contributed by atoms with Gasteiger partial charge in [-0.3, -0.25) is 4.79 Å². The zero-order chi connectivity index (χ0) is 13.0. The molecule has 0 radical (unpaired) electrons. The highest BCUT2D eigenvalue weighted by Gasteiger charge is 2.16. The minimum Gasteiger partial charge on any atom is -0.383 e. The average Bonchev–Trinajstić information content (AvgIpc) is 2.85. The van der Waals surface area contributed by atoms with Gasteiger partial charge in [-0.05, 0) is 42.5 Å². The van der Waals surface area contributed by atoms with E-state index in [1.54, 1.807) is 7.11 Å². The van der Waals surface area contributed by atoms with Gasteiger partial charge in [-0.25, -0.2) is 0 Å². The number of carbonyl (C=O) groups is 1. The normalized spacial score (nSPS) is 15.2. The maximum atomic E-state index is 12.1. The van der Waals surface area contributed by atoms with Crippen LogP contribution in [0, 0.1) is 0 Å². The largest absolute Gasteiger partial charge is 0.383 e. The Bertz CT molecular complexity index is 434. The lowest BCUT2D eigenvalue weighted by Crippen LogP contribution is -2.39. The molecule has 1 atom stereocenters. The number of rotatable bonds is 5. The maximum absolute atomic E-state index is 12.1. The van der Waals surface area contributed by atoms with Gasteiger partial charge in [-0.2, -0.15) is 0 Å². The molecule has 1 unspecified atom stereocenters. The highest BCUT2D eigenvalue weighted by molar-refractivity contribution is 6.18. The van der Waals surface area contributed by atoms with Crippen molar-refractivity contribution in [3.8, 4) is 0 Å². The number of fused-ring (bicyclic) bond motifs is 1. The summed E-state index contributed by atoms with van der Waals surface area (Å²) in [7, 11) is 1.60.